The highest BCUT2D eigenvalue weighted by atomic mass is 79.9. The Hall–Kier alpha value is -0.630. The first-order valence-electron chi connectivity index (χ1n) is 10.7. The molecule has 0 amide bonds. The minimum atomic E-state index is -0.212. The van der Waals surface area contributed by atoms with E-state index in [4.69, 9.17) is 0 Å². The van der Waals surface area contributed by atoms with E-state index in [9.17, 15) is 4.39 Å². The van der Waals surface area contributed by atoms with E-state index in [-0.39, 0.29) is 6.67 Å². The normalized spacial score (nSPS) is 29.9. The van der Waals surface area contributed by atoms with E-state index in [2.05, 4.69) is 52.3 Å². The van der Waals surface area contributed by atoms with Crippen LogP contribution in [0.1, 0.15) is 82.1 Å². The van der Waals surface area contributed by atoms with Gasteiger partial charge < -0.3 is 0 Å². The molecule has 0 bridgehead atoms. The highest BCUT2D eigenvalue weighted by Crippen LogP contribution is 2.40. The van der Waals surface area contributed by atoms with Crippen molar-refractivity contribution in [2.45, 2.75) is 76.5 Å². The average molecular weight is 421 g/mol. The summed E-state index contributed by atoms with van der Waals surface area (Å²) in [6.45, 7) is -0.212. The van der Waals surface area contributed by atoms with Gasteiger partial charge in [0, 0.05) is 4.47 Å². The molecular formula is C24H34BrF. The third kappa shape index (κ3) is 6.22. The van der Waals surface area contributed by atoms with Crippen molar-refractivity contribution < 1.29 is 4.39 Å². The van der Waals surface area contributed by atoms with Gasteiger partial charge in [-0.3, -0.25) is 4.39 Å². The van der Waals surface area contributed by atoms with Crippen LogP contribution in [0, 0.1) is 17.8 Å². The monoisotopic (exact) mass is 420 g/mol. The summed E-state index contributed by atoms with van der Waals surface area (Å²) in [4.78, 5) is 0. The summed E-state index contributed by atoms with van der Waals surface area (Å²) in [7, 11) is 0. The molecular weight excluding hydrogens is 387 g/mol. The molecule has 2 heteroatoms. The van der Waals surface area contributed by atoms with Gasteiger partial charge in [-0.2, -0.15) is 0 Å². The fourth-order valence-corrected chi connectivity index (χ4v) is 5.28. The van der Waals surface area contributed by atoms with Crippen LogP contribution in [-0.4, -0.2) is 6.67 Å². The number of halogens is 2. The molecule has 26 heavy (non-hydrogen) atoms. The second-order valence-corrected chi connectivity index (χ2v) is 9.45. The summed E-state index contributed by atoms with van der Waals surface area (Å²) in [5, 5.41) is 0. The Labute approximate surface area is 167 Å². The predicted octanol–water partition coefficient (Wildman–Crippen LogP) is 8.23. The minimum absolute atomic E-state index is 0.212. The summed E-state index contributed by atoms with van der Waals surface area (Å²) in [5.74, 6) is 3.42. The minimum Gasteiger partial charge on any atom is -0.251 e. The SMILES string of the molecule is FCCC=CC1CCC(CCC2CCC(c3ccc(Br)cc3)CC2)CC1. The quantitative estimate of drug-likeness (QED) is 0.389. The lowest BCUT2D eigenvalue weighted by Gasteiger charge is -2.31. The fraction of sp³-hybridized carbons (Fsp3) is 0.667. The van der Waals surface area contributed by atoms with Crippen molar-refractivity contribution in [3.63, 3.8) is 0 Å². The largest absolute Gasteiger partial charge is 0.251 e. The number of alkyl halides is 1. The molecule has 2 aliphatic carbocycles. The third-order valence-corrected chi connectivity index (χ3v) is 7.28. The Balaban J connectivity index is 1.32. The maximum atomic E-state index is 12.2. The third-order valence-electron chi connectivity index (χ3n) is 6.75. The van der Waals surface area contributed by atoms with Gasteiger partial charge in [-0.25, -0.2) is 0 Å². The van der Waals surface area contributed by atoms with E-state index in [1.165, 1.54) is 74.2 Å². The molecule has 0 N–H and O–H groups in total. The lowest BCUT2D eigenvalue weighted by atomic mass is 9.74. The van der Waals surface area contributed by atoms with Crippen LogP contribution in [-0.2, 0) is 0 Å². The highest BCUT2D eigenvalue weighted by molar-refractivity contribution is 9.10. The van der Waals surface area contributed by atoms with Crippen LogP contribution in [0.15, 0.2) is 40.9 Å². The average Bonchev–Trinajstić information content (AvgIpc) is 2.69. The van der Waals surface area contributed by atoms with E-state index in [1.54, 1.807) is 0 Å². The molecule has 2 fully saturated rings. The molecule has 0 aliphatic heterocycles. The molecule has 0 aromatic heterocycles. The van der Waals surface area contributed by atoms with Crippen LogP contribution in [0.2, 0.25) is 0 Å². The van der Waals surface area contributed by atoms with Crippen LogP contribution in [0.25, 0.3) is 0 Å². The lowest BCUT2D eigenvalue weighted by molar-refractivity contribution is 0.246. The topological polar surface area (TPSA) is 0 Å². The molecule has 1 aromatic rings. The molecule has 3 rings (SSSR count). The molecule has 0 nitrogen and oxygen atoms in total. The summed E-state index contributed by atoms with van der Waals surface area (Å²) in [5.41, 5.74) is 1.53. The number of hydrogen-bond acceptors (Lipinski definition) is 0. The van der Waals surface area contributed by atoms with Crippen molar-refractivity contribution >= 4 is 15.9 Å². The van der Waals surface area contributed by atoms with Crippen LogP contribution >= 0.6 is 15.9 Å². The molecule has 0 atom stereocenters. The fourth-order valence-electron chi connectivity index (χ4n) is 5.01. The first kappa shape index (κ1) is 20.1. The maximum absolute atomic E-state index is 12.2. The zero-order valence-corrected chi connectivity index (χ0v) is 17.6. The first-order valence-corrected chi connectivity index (χ1v) is 11.5. The van der Waals surface area contributed by atoms with Crippen molar-refractivity contribution in [1.29, 1.82) is 0 Å². The van der Waals surface area contributed by atoms with Gasteiger partial charge in [0.25, 0.3) is 0 Å². The Morgan fingerprint density at radius 2 is 1.42 bits per heavy atom. The second kappa shape index (κ2) is 10.6. The van der Waals surface area contributed by atoms with Crippen molar-refractivity contribution in [3.8, 4) is 0 Å². The van der Waals surface area contributed by atoms with Crippen LogP contribution < -0.4 is 0 Å². The maximum Gasteiger partial charge on any atom is 0.0928 e. The Morgan fingerprint density at radius 3 is 2.00 bits per heavy atom. The number of allylic oxidation sites excluding steroid dienone is 2. The van der Waals surface area contributed by atoms with Crippen molar-refractivity contribution in [1.82, 2.24) is 0 Å². The van der Waals surface area contributed by atoms with Gasteiger partial charge >= 0.3 is 0 Å². The van der Waals surface area contributed by atoms with Crippen LogP contribution in [0.3, 0.4) is 0 Å². The standard InChI is InChI=1S/C24H34BrF/c25-24-16-14-23(15-17-24)22-12-10-21(11-13-22)9-8-20-6-4-19(5-7-20)3-1-2-18-26/h1,3,14-17,19-22H,2,4-13,18H2. The van der Waals surface area contributed by atoms with E-state index in [0.717, 1.165) is 23.7 Å². The van der Waals surface area contributed by atoms with Crippen molar-refractivity contribution in [2.75, 3.05) is 6.67 Å². The predicted molar refractivity (Wildman–Crippen MR) is 113 cm³/mol. The molecule has 2 aliphatic rings. The zero-order valence-electron chi connectivity index (χ0n) is 16.0. The Morgan fingerprint density at radius 1 is 0.846 bits per heavy atom. The van der Waals surface area contributed by atoms with Gasteiger partial charge in [0.15, 0.2) is 0 Å². The summed E-state index contributed by atoms with van der Waals surface area (Å²) in [6, 6.07) is 8.97. The van der Waals surface area contributed by atoms with E-state index < -0.39 is 0 Å². The van der Waals surface area contributed by atoms with Gasteiger partial charge in [-0.05, 0) is 99.2 Å². The summed E-state index contributed by atoms with van der Waals surface area (Å²) < 4.78 is 13.4. The molecule has 144 valence electrons. The Bertz CT molecular complexity index is 534. The van der Waals surface area contributed by atoms with Crippen LogP contribution in [0.5, 0.6) is 0 Å². The first-order chi connectivity index (χ1) is 12.7. The number of rotatable bonds is 7. The van der Waals surface area contributed by atoms with Gasteiger partial charge in [0.1, 0.15) is 0 Å². The van der Waals surface area contributed by atoms with Gasteiger partial charge in [-0.15, -0.1) is 0 Å². The zero-order chi connectivity index (χ0) is 18.2. The van der Waals surface area contributed by atoms with Gasteiger partial charge in [0.2, 0.25) is 0 Å². The smallest absolute Gasteiger partial charge is 0.0928 e. The molecule has 0 saturated heterocycles. The number of hydrogen-bond donors (Lipinski definition) is 0. The lowest BCUT2D eigenvalue weighted by Crippen LogP contribution is -2.17. The molecule has 0 heterocycles. The highest BCUT2D eigenvalue weighted by Gasteiger charge is 2.24. The molecule has 0 unspecified atom stereocenters. The summed E-state index contributed by atoms with van der Waals surface area (Å²) in [6.07, 6.45) is 18.8. The van der Waals surface area contributed by atoms with E-state index in [1.807, 2.05) is 0 Å². The summed E-state index contributed by atoms with van der Waals surface area (Å²) >= 11 is 3.54. The number of benzene rings is 1. The van der Waals surface area contributed by atoms with Gasteiger partial charge in [0.05, 0.1) is 6.67 Å². The molecule has 0 radical (unpaired) electrons. The molecule has 0 spiro atoms. The van der Waals surface area contributed by atoms with Gasteiger partial charge in [-0.1, -0.05) is 53.1 Å². The van der Waals surface area contributed by atoms with E-state index in [0.29, 0.717) is 6.42 Å². The second-order valence-electron chi connectivity index (χ2n) is 8.53. The van der Waals surface area contributed by atoms with Crippen LogP contribution in [0.4, 0.5) is 4.39 Å². The van der Waals surface area contributed by atoms with Crippen molar-refractivity contribution in [3.05, 3.63) is 46.5 Å². The Kier molecular flexibility index (Phi) is 8.23. The van der Waals surface area contributed by atoms with Crippen molar-refractivity contribution in [2.24, 2.45) is 17.8 Å². The van der Waals surface area contributed by atoms with E-state index >= 15 is 0 Å². The molecule has 2 saturated carbocycles. The molecule has 1 aromatic carbocycles.